The maximum atomic E-state index is 5.41. The van der Waals surface area contributed by atoms with Gasteiger partial charge in [0.25, 0.3) is 0 Å². The molecule has 3 heteroatoms. The molecule has 0 spiro atoms. The highest BCUT2D eigenvalue weighted by molar-refractivity contribution is 7.80. The van der Waals surface area contributed by atoms with Gasteiger partial charge >= 0.3 is 0 Å². The van der Waals surface area contributed by atoms with Crippen LogP contribution >= 0.6 is 12.2 Å². The number of thiocarbonyl (C=S) groups is 1. The molecule has 0 fully saturated rings. The summed E-state index contributed by atoms with van der Waals surface area (Å²) in [5, 5.41) is 7.13. The summed E-state index contributed by atoms with van der Waals surface area (Å²) in [6, 6.07) is 14.7. The maximum Gasteiger partial charge on any atom is 0.175 e. The zero-order valence-corrected chi connectivity index (χ0v) is 14.6. The number of benzene rings is 2. The second-order valence-corrected chi connectivity index (χ2v) is 6.17. The number of hydrogen-bond acceptors (Lipinski definition) is 1. The molecule has 0 aromatic heterocycles. The molecule has 2 rings (SSSR count). The van der Waals surface area contributed by atoms with Gasteiger partial charge in [0.2, 0.25) is 0 Å². The van der Waals surface area contributed by atoms with Gasteiger partial charge in [-0.15, -0.1) is 0 Å². The highest BCUT2D eigenvalue weighted by Gasteiger charge is 2.05. The molecule has 0 aliphatic heterocycles. The molecule has 0 heterocycles. The Morgan fingerprint density at radius 2 is 1.73 bits per heavy atom. The minimum absolute atomic E-state index is 0.592. The van der Waals surface area contributed by atoms with E-state index in [1.54, 1.807) is 0 Å². The Hall–Kier alpha value is -1.87. The Morgan fingerprint density at radius 3 is 2.36 bits per heavy atom. The van der Waals surface area contributed by atoms with Gasteiger partial charge in [-0.2, -0.15) is 0 Å². The van der Waals surface area contributed by atoms with E-state index in [0.29, 0.717) is 11.0 Å². The second-order valence-electron chi connectivity index (χ2n) is 5.76. The Kier molecular flexibility index (Phi) is 5.56. The summed E-state index contributed by atoms with van der Waals surface area (Å²) in [4.78, 5) is 0. The van der Waals surface area contributed by atoms with Crippen LogP contribution in [0.25, 0.3) is 0 Å². The van der Waals surface area contributed by atoms with Crippen molar-refractivity contribution in [3.05, 3.63) is 59.2 Å². The Labute approximate surface area is 139 Å². The fraction of sp³-hybridized carbons (Fsp3) is 0.316. The zero-order chi connectivity index (χ0) is 16.1. The van der Waals surface area contributed by atoms with E-state index in [-0.39, 0.29) is 0 Å². The maximum absolute atomic E-state index is 5.41. The van der Waals surface area contributed by atoms with Crippen molar-refractivity contribution in [2.75, 3.05) is 10.6 Å². The fourth-order valence-corrected chi connectivity index (χ4v) is 2.53. The molecule has 0 aliphatic carbocycles. The lowest BCUT2D eigenvalue weighted by Gasteiger charge is -2.15. The van der Waals surface area contributed by atoms with Gasteiger partial charge in [0.05, 0.1) is 0 Å². The van der Waals surface area contributed by atoms with Gasteiger partial charge < -0.3 is 10.6 Å². The van der Waals surface area contributed by atoms with Crippen molar-refractivity contribution in [3.63, 3.8) is 0 Å². The number of aryl methyl sites for hydroxylation is 1. The van der Waals surface area contributed by atoms with Gasteiger partial charge in [0.1, 0.15) is 0 Å². The lowest BCUT2D eigenvalue weighted by atomic mass is 9.99. The molecule has 116 valence electrons. The van der Waals surface area contributed by atoms with E-state index < -0.39 is 0 Å². The van der Waals surface area contributed by atoms with Crippen LogP contribution in [-0.4, -0.2) is 5.11 Å². The first kappa shape index (κ1) is 16.5. The van der Waals surface area contributed by atoms with E-state index in [9.17, 15) is 0 Å². The Bertz CT molecular complexity index is 647. The van der Waals surface area contributed by atoms with Crippen LogP contribution in [0, 0.1) is 13.8 Å². The van der Waals surface area contributed by atoms with Gasteiger partial charge in [-0.25, -0.2) is 0 Å². The molecule has 0 radical (unpaired) electrons. The van der Waals surface area contributed by atoms with E-state index in [2.05, 4.69) is 68.7 Å². The second kappa shape index (κ2) is 7.41. The van der Waals surface area contributed by atoms with E-state index in [1.165, 1.54) is 16.7 Å². The van der Waals surface area contributed by atoms with Gasteiger partial charge in [0, 0.05) is 11.4 Å². The van der Waals surface area contributed by atoms with Gasteiger partial charge in [-0.1, -0.05) is 38.1 Å². The predicted molar refractivity (Wildman–Crippen MR) is 101 cm³/mol. The van der Waals surface area contributed by atoms with Crippen LogP contribution in [0.1, 0.15) is 42.9 Å². The number of hydrogen-bond donors (Lipinski definition) is 2. The number of nitrogens with one attached hydrogen (secondary N) is 2. The molecule has 0 saturated heterocycles. The van der Waals surface area contributed by atoms with Crippen molar-refractivity contribution in [3.8, 4) is 0 Å². The number of anilines is 2. The first-order valence-electron chi connectivity index (χ1n) is 7.75. The third-order valence-corrected chi connectivity index (χ3v) is 4.41. The van der Waals surface area contributed by atoms with Gasteiger partial charge in [-0.3, -0.25) is 0 Å². The molecule has 2 aromatic carbocycles. The molecule has 0 saturated carbocycles. The third kappa shape index (κ3) is 4.08. The fourth-order valence-electron chi connectivity index (χ4n) is 2.30. The van der Waals surface area contributed by atoms with Crippen molar-refractivity contribution in [1.82, 2.24) is 0 Å². The lowest BCUT2D eigenvalue weighted by Crippen LogP contribution is -2.19. The molecule has 0 aliphatic rings. The summed E-state index contributed by atoms with van der Waals surface area (Å²) >= 11 is 5.41. The first-order valence-corrected chi connectivity index (χ1v) is 8.16. The molecule has 0 amide bonds. The SMILES string of the molecule is CC[C@@H](C)c1ccc(NC(=S)Nc2cccc(C)c2C)cc1. The average molecular weight is 312 g/mol. The van der Waals surface area contributed by atoms with E-state index in [4.69, 9.17) is 12.2 Å². The normalized spacial score (nSPS) is 11.8. The summed E-state index contributed by atoms with van der Waals surface area (Å²) in [5.74, 6) is 0.592. The monoisotopic (exact) mass is 312 g/mol. The van der Waals surface area contributed by atoms with Gasteiger partial charge in [0.15, 0.2) is 5.11 Å². The standard InChI is InChI=1S/C19H24N2S/c1-5-13(2)16-9-11-17(12-10-16)20-19(22)21-18-8-6-7-14(3)15(18)4/h6-13H,5H2,1-4H3,(H2,20,21,22)/t13-/m1/s1. The van der Waals surface area contributed by atoms with Crippen molar-refractivity contribution in [2.24, 2.45) is 0 Å². The first-order chi connectivity index (χ1) is 10.5. The highest BCUT2D eigenvalue weighted by Crippen LogP contribution is 2.21. The van der Waals surface area contributed by atoms with Crippen LogP contribution in [0.3, 0.4) is 0 Å². The molecular formula is C19H24N2S. The van der Waals surface area contributed by atoms with E-state index >= 15 is 0 Å². The van der Waals surface area contributed by atoms with Crippen LogP contribution in [0.2, 0.25) is 0 Å². The lowest BCUT2D eigenvalue weighted by molar-refractivity contribution is 0.734. The summed E-state index contributed by atoms with van der Waals surface area (Å²) in [6.07, 6.45) is 1.15. The Balaban J connectivity index is 2.01. The van der Waals surface area contributed by atoms with Crippen molar-refractivity contribution in [2.45, 2.75) is 40.0 Å². The van der Waals surface area contributed by atoms with E-state index in [0.717, 1.165) is 17.8 Å². The zero-order valence-electron chi connectivity index (χ0n) is 13.7. The van der Waals surface area contributed by atoms with Crippen LogP contribution in [0.4, 0.5) is 11.4 Å². The van der Waals surface area contributed by atoms with Crippen molar-refractivity contribution in [1.29, 1.82) is 0 Å². The quantitative estimate of drug-likeness (QED) is 0.716. The molecule has 0 bridgehead atoms. The third-order valence-electron chi connectivity index (χ3n) is 4.20. The summed E-state index contributed by atoms with van der Waals surface area (Å²) < 4.78 is 0. The van der Waals surface area contributed by atoms with Crippen LogP contribution in [0.5, 0.6) is 0 Å². The molecule has 1 atom stereocenters. The Morgan fingerprint density at radius 1 is 1.05 bits per heavy atom. The molecular weight excluding hydrogens is 288 g/mol. The largest absolute Gasteiger partial charge is 0.332 e. The van der Waals surface area contributed by atoms with Crippen molar-refractivity contribution < 1.29 is 0 Å². The minimum atomic E-state index is 0.592. The van der Waals surface area contributed by atoms with Crippen molar-refractivity contribution >= 4 is 28.7 Å². The van der Waals surface area contributed by atoms with Gasteiger partial charge in [-0.05, 0) is 73.3 Å². The summed E-state index contributed by atoms with van der Waals surface area (Å²) in [7, 11) is 0. The van der Waals surface area contributed by atoms with Crippen LogP contribution in [-0.2, 0) is 0 Å². The molecule has 2 N–H and O–H groups in total. The molecule has 2 aromatic rings. The van der Waals surface area contributed by atoms with Crippen LogP contribution < -0.4 is 10.6 Å². The summed E-state index contributed by atoms with van der Waals surface area (Å²) in [5.41, 5.74) is 5.90. The topological polar surface area (TPSA) is 24.1 Å². The predicted octanol–water partition coefficient (Wildman–Crippen LogP) is 5.63. The van der Waals surface area contributed by atoms with E-state index in [1.807, 2.05) is 12.1 Å². The minimum Gasteiger partial charge on any atom is -0.332 e. The molecule has 0 unspecified atom stereocenters. The molecule has 2 nitrogen and oxygen atoms in total. The summed E-state index contributed by atoms with van der Waals surface area (Å²) in [6.45, 7) is 8.65. The molecule has 22 heavy (non-hydrogen) atoms. The smallest absolute Gasteiger partial charge is 0.175 e. The van der Waals surface area contributed by atoms with Crippen LogP contribution in [0.15, 0.2) is 42.5 Å². The highest BCUT2D eigenvalue weighted by atomic mass is 32.1. The average Bonchev–Trinajstić information content (AvgIpc) is 2.52. The number of rotatable bonds is 4.